The molecular formula is C29H36N4O3. The number of fused-ring (bicyclic) bond motifs is 1. The second-order valence-electron chi connectivity index (χ2n) is 9.72. The van der Waals surface area contributed by atoms with Gasteiger partial charge in [-0.2, -0.15) is 5.26 Å². The van der Waals surface area contributed by atoms with E-state index in [1.807, 2.05) is 24.1 Å². The fourth-order valence-electron chi connectivity index (χ4n) is 5.47. The van der Waals surface area contributed by atoms with Crippen molar-refractivity contribution in [2.45, 2.75) is 64.3 Å². The van der Waals surface area contributed by atoms with Crippen LogP contribution in [-0.2, 0) is 11.2 Å². The standard InChI is InChI=1S/C29H36N4O3/c1-3-32(33-17-16-23-18-22(20-30)13-15-27(23)33)29(35)26(14-12-21-8-5-4-6-9-21)31-28(34)24-10-7-11-25(19-24)36-2/h7,10-11,13,15,18-19,21,26H,3-6,8-9,12,14,16-17H2,1-2H3,(H,31,34). The third-order valence-electron chi connectivity index (χ3n) is 7.45. The van der Waals surface area contributed by atoms with Gasteiger partial charge in [-0.1, -0.05) is 38.2 Å². The zero-order valence-corrected chi connectivity index (χ0v) is 21.3. The molecule has 4 rings (SSSR count). The molecule has 2 aliphatic rings. The van der Waals surface area contributed by atoms with Crippen molar-refractivity contribution < 1.29 is 14.3 Å². The van der Waals surface area contributed by atoms with E-state index in [9.17, 15) is 14.9 Å². The van der Waals surface area contributed by atoms with Gasteiger partial charge < -0.3 is 10.1 Å². The highest BCUT2D eigenvalue weighted by atomic mass is 16.5. The fourth-order valence-corrected chi connectivity index (χ4v) is 5.47. The van der Waals surface area contributed by atoms with Gasteiger partial charge in [0.1, 0.15) is 11.8 Å². The Bertz CT molecular complexity index is 1120. The first-order chi connectivity index (χ1) is 17.5. The van der Waals surface area contributed by atoms with Crippen LogP contribution in [0.25, 0.3) is 0 Å². The number of carbonyl (C=O) groups excluding carboxylic acids is 2. The van der Waals surface area contributed by atoms with E-state index in [1.165, 1.54) is 32.1 Å². The number of nitrogens with one attached hydrogen (secondary N) is 1. The molecular weight excluding hydrogens is 452 g/mol. The third-order valence-corrected chi connectivity index (χ3v) is 7.45. The highest BCUT2D eigenvalue weighted by Crippen LogP contribution is 2.31. The van der Waals surface area contributed by atoms with Crippen LogP contribution in [0.1, 0.15) is 73.4 Å². The Kier molecular flexibility index (Phi) is 8.48. The molecule has 0 saturated heterocycles. The number of rotatable bonds is 9. The van der Waals surface area contributed by atoms with Crippen molar-refractivity contribution in [3.8, 4) is 11.8 Å². The lowest BCUT2D eigenvalue weighted by Gasteiger charge is -2.36. The van der Waals surface area contributed by atoms with E-state index in [4.69, 9.17) is 4.74 Å². The normalized spacial score (nSPS) is 16.1. The molecule has 0 bridgehead atoms. The minimum atomic E-state index is -0.618. The number of nitriles is 1. The van der Waals surface area contributed by atoms with E-state index in [0.29, 0.717) is 42.3 Å². The van der Waals surface area contributed by atoms with E-state index in [1.54, 1.807) is 42.5 Å². The highest BCUT2D eigenvalue weighted by Gasteiger charge is 2.33. The number of likely N-dealkylation sites (N-methyl/N-ethyl adjacent to an activating group) is 1. The number of benzene rings is 2. The van der Waals surface area contributed by atoms with Gasteiger partial charge in [0.2, 0.25) is 0 Å². The van der Waals surface area contributed by atoms with E-state index in [-0.39, 0.29) is 11.8 Å². The van der Waals surface area contributed by atoms with Gasteiger partial charge in [-0.3, -0.25) is 19.6 Å². The van der Waals surface area contributed by atoms with E-state index in [2.05, 4.69) is 11.4 Å². The van der Waals surface area contributed by atoms with Crippen molar-refractivity contribution >= 4 is 17.5 Å². The number of nitrogens with zero attached hydrogens (tertiary/aromatic N) is 3. The van der Waals surface area contributed by atoms with Crippen LogP contribution >= 0.6 is 0 Å². The smallest absolute Gasteiger partial charge is 0.263 e. The summed E-state index contributed by atoms with van der Waals surface area (Å²) >= 11 is 0. The lowest BCUT2D eigenvalue weighted by atomic mass is 9.85. The van der Waals surface area contributed by atoms with Crippen molar-refractivity contribution in [2.24, 2.45) is 5.92 Å². The Hall–Kier alpha value is -3.53. The maximum absolute atomic E-state index is 13.9. The second-order valence-corrected chi connectivity index (χ2v) is 9.72. The van der Waals surface area contributed by atoms with Crippen molar-refractivity contribution in [1.29, 1.82) is 5.26 Å². The summed E-state index contributed by atoms with van der Waals surface area (Å²) in [5, 5.41) is 16.1. The van der Waals surface area contributed by atoms with Gasteiger partial charge in [-0.25, -0.2) is 0 Å². The number of methoxy groups -OCH3 is 1. The zero-order valence-electron chi connectivity index (χ0n) is 21.3. The molecule has 1 fully saturated rings. The summed E-state index contributed by atoms with van der Waals surface area (Å²) in [7, 11) is 1.57. The van der Waals surface area contributed by atoms with Crippen molar-refractivity contribution in [1.82, 2.24) is 10.3 Å². The topological polar surface area (TPSA) is 85.7 Å². The fraction of sp³-hybridized carbons (Fsp3) is 0.483. The van der Waals surface area contributed by atoms with E-state index in [0.717, 1.165) is 24.1 Å². The summed E-state index contributed by atoms with van der Waals surface area (Å²) < 4.78 is 5.28. The van der Waals surface area contributed by atoms with Gasteiger partial charge in [0.05, 0.1) is 24.4 Å². The van der Waals surface area contributed by atoms with Crippen LogP contribution in [0.4, 0.5) is 5.69 Å². The van der Waals surface area contributed by atoms with Crippen LogP contribution in [-0.4, -0.2) is 43.1 Å². The average molecular weight is 489 g/mol. The molecule has 1 N–H and O–H groups in total. The average Bonchev–Trinajstić information content (AvgIpc) is 3.34. The Morgan fingerprint density at radius 1 is 1.19 bits per heavy atom. The lowest BCUT2D eigenvalue weighted by molar-refractivity contribution is -0.134. The lowest BCUT2D eigenvalue weighted by Crippen LogP contribution is -2.54. The van der Waals surface area contributed by atoms with Crippen molar-refractivity contribution in [2.75, 3.05) is 25.2 Å². The Morgan fingerprint density at radius 2 is 2.00 bits per heavy atom. The summed E-state index contributed by atoms with van der Waals surface area (Å²) in [6.45, 7) is 3.12. The SMILES string of the molecule is CCN(C(=O)C(CCC1CCCCC1)NC(=O)c1cccc(OC)c1)N1CCc2cc(C#N)ccc21. The summed E-state index contributed by atoms with van der Waals surface area (Å²) in [6.07, 6.45) is 8.49. The Morgan fingerprint density at radius 3 is 2.72 bits per heavy atom. The largest absolute Gasteiger partial charge is 0.497 e. The molecule has 36 heavy (non-hydrogen) atoms. The first kappa shape index (κ1) is 25.6. The minimum Gasteiger partial charge on any atom is -0.497 e. The van der Waals surface area contributed by atoms with Crippen LogP contribution in [0, 0.1) is 17.2 Å². The summed E-state index contributed by atoms with van der Waals surface area (Å²) in [5.74, 6) is 0.845. The van der Waals surface area contributed by atoms with E-state index >= 15 is 0 Å². The van der Waals surface area contributed by atoms with Crippen LogP contribution in [0.2, 0.25) is 0 Å². The van der Waals surface area contributed by atoms with Gasteiger partial charge in [-0.15, -0.1) is 0 Å². The molecule has 1 heterocycles. The van der Waals surface area contributed by atoms with Gasteiger partial charge >= 0.3 is 0 Å². The van der Waals surface area contributed by atoms with Crippen LogP contribution in [0.15, 0.2) is 42.5 Å². The van der Waals surface area contributed by atoms with Gasteiger partial charge in [-0.05, 0) is 74.1 Å². The number of amides is 2. The quantitative estimate of drug-likeness (QED) is 0.545. The maximum atomic E-state index is 13.9. The number of carbonyl (C=O) groups is 2. The number of anilines is 1. The predicted octanol–water partition coefficient (Wildman–Crippen LogP) is 4.85. The van der Waals surface area contributed by atoms with Crippen LogP contribution < -0.4 is 15.1 Å². The maximum Gasteiger partial charge on any atom is 0.263 e. The van der Waals surface area contributed by atoms with Gasteiger partial charge in [0, 0.05) is 18.7 Å². The molecule has 7 heteroatoms. The molecule has 2 aromatic carbocycles. The minimum absolute atomic E-state index is 0.0956. The number of hydrogen-bond acceptors (Lipinski definition) is 5. The van der Waals surface area contributed by atoms with Crippen molar-refractivity contribution in [3.05, 3.63) is 59.2 Å². The third kappa shape index (κ3) is 5.81. The molecule has 2 amide bonds. The Balaban J connectivity index is 1.54. The Labute approximate surface area is 214 Å². The van der Waals surface area contributed by atoms with E-state index < -0.39 is 6.04 Å². The molecule has 1 saturated carbocycles. The predicted molar refractivity (Wildman–Crippen MR) is 140 cm³/mol. The number of hydrogen-bond donors (Lipinski definition) is 1. The molecule has 0 radical (unpaired) electrons. The number of ether oxygens (including phenoxy) is 1. The molecule has 0 spiro atoms. The molecule has 0 aromatic heterocycles. The first-order valence-corrected chi connectivity index (χ1v) is 13.1. The summed E-state index contributed by atoms with van der Waals surface area (Å²) in [5.41, 5.74) is 3.12. The van der Waals surface area contributed by atoms with Gasteiger partial charge in [0.25, 0.3) is 11.8 Å². The van der Waals surface area contributed by atoms with Crippen LogP contribution in [0.3, 0.4) is 0 Å². The molecule has 7 nitrogen and oxygen atoms in total. The second kappa shape index (κ2) is 11.9. The van der Waals surface area contributed by atoms with Crippen LogP contribution in [0.5, 0.6) is 5.75 Å². The molecule has 1 atom stereocenters. The monoisotopic (exact) mass is 488 g/mol. The molecule has 1 unspecified atom stereocenters. The molecule has 1 aliphatic carbocycles. The molecule has 190 valence electrons. The number of hydrazine groups is 1. The molecule has 2 aromatic rings. The first-order valence-electron chi connectivity index (χ1n) is 13.1. The highest BCUT2D eigenvalue weighted by molar-refractivity contribution is 5.98. The van der Waals surface area contributed by atoms with Crippen molar-refractivity contribution in [3.63, 3.8) is 0 Å². The van der Waals surface area contributed by atoms with Gasteiger partial charge in [0.15, 0.2) is 0 Å². The summed E-state index contributed by atoms with van der Waals surface area (Å²) in [6, 6.07) is 14.2. The summed E-state index contributed by atoms with van der Waals surface area (Å²) in [4.78, 5) is 27.1. The molecule has 1 aliphatic heterocycles. The zero-order chi connectivity index (χ0) is 25.5.